The van der Waals surface area contributed by atoms with E-state index < -0.39 is 0 Å². The van der Waals surface area contributed by atoms with Crippen molar-refractivity contribution < 1.29 is 0 Å². The van der Waals surface area contributed by atoms with Crippen LogP contribution in [0.25, 0.3) is 0 Å². The second kappa shape index (κ2) is 7.24. The largest absolute Gasteiger partial charge is 0.317 e. The average molecular weight is 200 g/mol. The highest BCUT2D eigenvalue weighted by molar-refractivity contribution is 4.67. The quantitative estimate of drug-likeness (QED) is 0.678. The van der Waals surface area contributed by atoms with Crippen molar-refractivity contribution in [2.45, 2.75) is 52.6 Å². The van der Waals surface area contributed by atoms with Crippen molar-refractivity contribution in [3.05, 3.63) is 0 Å². The average Bonchev–Trinajstić information content (AvgIpc) is 2.15. The number of rotatable bonds is 7. The summed E-state index contributed by atoms with van der Waals surface area (Å²) in [5, 5.41) is 3.27. The topological polar surface area (TPSA) is 15.3 Å². The van der Waals surface area contributed by atoms with E-state index in [9.17, 15) is 0 Å². The Hall–Kier alpha value is -0.0800. The summed E-state index contributed by atoms with van der Waals surface area (Å²) < 4.78 is 0. The van der Waals surface area contributed by atoms with E-state index in [0.717, 1.165) is 5.92 Å². The van der Waals surface area contributed by atoms with Crippen molar-refractivity contribution >= 4 is 0 Å². The molecule has 14 heavy (non-hydrogen) atoms. The minimum atomic E-state index is 0.651. The first kappa shape index (κ1) is 13.9. The van der Waals surface area contributed by atoms with E-state index in [-0.39, 0.29) is 0 Å². The standard InChI is InChI=1S/C12H28N2/c1-10(2)12(4)14(6)9-7-8-11(3)13-5/h10-13H,7-9H2,1-6H3. The summed E-state index contributed by atoms with van der Waals surface area (Å²) in [6.45, 7) is 10.3. The van der Waals surface area contributed by atoms with Crippen LogP contribution in [-0.4, -0.2) is 37.6 Å². The van der Waals surface area contributed by atoms with Gasteiger partial charge in [0.2, 0.25) is 0 Å². The molecule has 2 heteroatoms. The summed E-state index contributed by atoms with van der Waals surface area (Å²) >= 11 is 0. The summed E-state index contributed by atoms with van der Waals surface area (Å²) in [5.74, 6) is 0.752. The Bertz CT molecular complexity index is 134. The Kier molecular flexibility index (Phi) is 7.20. The van der Waals surface area contributed by atoms with E-state index in [1.165, 1.54) is 19.4 Å². The van der Waals surface area contributed by atoms with Gasteiger partial charge in [0, 0.05) is 12.1 Å². The number of hydrogen-bond donors (Lipinski definition) is 1. The van der Waals surface area contributed by atoms with Crippen LogP contribution in [0, 0.1) is 5.92 Å². The summed E-state index contributed by atoms with van der Waals surface area (Å²) in [6, 6.07) is 1.35. The van der Waals surface area contributed by atoms with Gasteiger partial charge in [-0.1, -0.05) is 13.8 Å². The third-order valence-electron chi connectivity index (χ3n) is 3.30. The molecule has 2 nitrogen and oxygen atoms in total. The van der Waals surface area contributed by atoms with Crippen LogP contribution in [0.4, 0.5) is 0 Å². The second-order valence-corrected chi connectivity index (χ2v) is 4.80. The molecule has 0 aliphatic carbocycles. The van der Waals surface area contributed by atoms with Gasteiger partial charge >= 0.3 is 0 Å². The first-order chi connectivity index (χ1) is 6.49. The Morgan fingerprint density at radius 2 is 1.71 bits per heavy atom. The molecular formula is C12H28N2. The highest BCUT2D eigenvalue weighted by Gasteiger charge is 2.12. The van der Waals surface area contributed by atoms with Gasteiger partial charge in [-0.05, 0) is 53.2 Å². The lowest BCUT2D eigenvalue weighted by Gasteiger charge is -2.28. The normalized spacial score (nSPS) is 16.3. The van der Waals surface area contributed by atoms with Crippen molar-refractivity contribution in [1.29, 1.82) is 0 Å². The fraction of sp³-hybridized carbons (Fsp3) is 1.00. The zero-order chi connectivity index (χ0) is 11.1. The van der Waals surface area contributed by atoms with Crippen LogP contribution in [-0.2, 0) is 0 Å². The maximum atomic E-state index is 3.27. The summed E-state index contributed by atoms with van der Waals surface area (Å²) in [7, 11) is 4.26. The molecule has 0 radical (unpaired) electrons. The maximum absolute atomic E-state index is 3.27. The highest BCUT2D eigenvalue weighted by Crippen LogP contribution is 2.09. The molecule has 0 bridgehead atoms. The predicted octanol–water partition coefficient (Wildman–Crippen LogP) is 2.35. The molecule has 2 unspecified atom stereocenters. The Labute approximate surface area is 90.1 Å². The maximum Gasteiger partial charge on any atom is 0.00868 e. The monoisotopic (exact) mass is 200 g/mol. The lowest BCUT2D eigenvalue weighted by molar-refractivity contribution is 0.203. The summed E-state index contributed by atoms with van der Waals surface area (Å²) in [5.41, 5.74) is 0. The number of nitrogens with zero attached hydrogens (tertiary/aromatic N) is 1. The van der Waals surface area contributed by atoms with Crippen LogP contribution in [0.1, 0.15) is 40.5 Å². The van der Waals surface area contributed by atoms with E-state index in [1.807, 2.05) is 7.05 Å². The molecule has 0 aromatic rings. The van der Waals surface area contributed by atoms with Gasteiger partial charge in [0.1, 0.15) is 0 Å². The summed E-state index contributed by atoms with van der Waals surface area (Å²) in [4.78, 5) is 2.47. The van der Waals surface area contributed by atoms with Crippen molar-refractivity contribution in [1.82, 2.24) is 10.2 Å². The first-order valence-corrected chi connectivity index (χ1v) is 5.86. The van der Waals surface area contributed by atoms with Gasteiger partial charge in [-0.15, -0.1) is 0 Å². The molecule has 0 aromatic carbocycles. The third kappa shape index (κ3) is 5.61. The highest BCUT2D eigenvalue weighted by atomic mass is 15.1. The molecule has 2 atom stereocenters. The second-order valence-electron chi connectivity index (χ2n) is 4.80. The Balaban J connectivity index is 3.58. The summed E-state index contributed by atoms with van der Waals surface area (Å²) in [6.07, 6.45) is 2.56. The third-order valence-corrected chi connectivity index (χ3v) is 3.30. The van der Waals surface area contributed by atoms with Crippen LogP contribution in [0.2, 0.25) is 0 Å². The van der Waals surface area contributed by atoms with E-state index in [0.29, 0.717) is 12.1 Å². The van der Waals surface area contributed by atoms with E-state index >= 15 is 0 Å². The van der Waals surface area contributed by atoms with Crippen LogP contribution < -0.4 is 5.32 Å². The van der Waals surface area contributed by atoms with Crippen molar-refractivity contribution in [2.75, 3.05) is 20.6 Å². The number of nitrogens with one attached hydrogen (secondary N) is 1. The lowest BCUT2D eigenvalue weighted by atomic mass is 10.0. The van der Waals surface area contributed by atoms with Crippen molar-refractivity contribution in [2.24, 2.45) is 5.92 Å². The minimum Gasteiger partial charge on any atom is -0.317 e. The van der Waals surface area contributed by atoms with Crippen molar-refractivity contribution in [3.8, 4) is 0 Å². The molecule has 0 fully saturated rings. The lowest BCUT2D eigenvalue weighted by Crippen LogP contribution is -2.34. The molecule has 0 aliphatic heterocycles. The van der Waals surface area contributed by atoms with Crippen LogP contribution in [0.3, 0.4) is 0 Å². The molecule has 0 aliphatic rings. The fourth-order valence-electron chi connectivity index (χ4n) is 1.50. The molecule has 1 N–H and O–H groups in total. The first-order valence-electron chi connectivity index (χ1n) is 5.86. The van der Waals surface area contributed by atoms with Crippen LogP contribution in [0.5, 0.6) is 0 Å². The SMILES string of the molecule is CNC(C)CCCN(C)C(C)C(C)C. The minimum absolute atomic E-state index is 0.651. The smallest absolute Gasteiger partial charge is 0.00868 e. The van der Waals surface area contributed by atoms with Gasteiger partial charge in [0.15, 0.2) is 0 Å². The van der Waals surface area contributed by atoms with E-state index in [4.69, 9.17) is 0 Å². The van der Waals surface area contributed by atoms with Gasteiger partial charge < -0.3 is 10.2 Å². The molecule has 0 saturated heterocycles. The fourth-order valence-corrected chi connectivity index (χ4v) is 1.50. The molecule has 0 rings (SSSR count). The molecule has 0 saturated carbocycles. The van der Waals surface area contributed by atoms with Gasteiger partial charge in [-0.2, -0.15) is 0 Å². The van der Waals surface area contributed by atoms with Gasteiger partial charge in [0.05, 0.1) is 0 Å². The molecular weight excluding hydrogens is 172 g/mol. The van der Waals surface area contributed by atoms with E-state index in [1.54, 1.807) is 0 Å². The van der Waals surface area contributed by atoms with Crippen LogP contribution >= 0.6 is 0 Å². The molecule has 0 amide bonds. The zero-order valence-electron chi connectivity index (χ0n) is 10.8. The number of hydrogen-bond acceptors (Lipinski definition) is 2. The van der Waals surface area contributed by atoms with Gasteiger partial charge in [0.25, 0.3) is 0 Å². The van der Waals surface area contributed by atoms with Crippen molar-refractivity contribution in [3.63, 3.8) is 0 Å². The molecule has 0 spiro atoms. The zero-order valence-corrected chi connectivity index (χ0v) is 10.8. The molecule has 0 aromatic heterocycles. The predicted molar refractivity (Wildman–Crippen MR) is 64.7 cm³/mol. The molecule has 86 valence electrons. The van der Waals surface area contributed by atoms with Crippen LogP contribution in [0.15, 0.2) is 0 Å². The Morgan fingerprint density at radius 1 is 1.14 bits per heavy atom. The van der Waals surface area contributed by atoms with E-state index in [2.05, 4.69) is 45.0 Å². The van der Waals surface area contributed by atoms with Gasteiger partial charge in [-0.3, -0.25) is 0 Å². The van der Waals surface area contributed by atoms with Gasteiger partial charge in [-0.25, -0.2) is 0 Å². The Morgan fingerprint density at radius 3 is 2.14 bits per heavy atom. The molecule has 0 heterocycles.